The average molecular weight is 308 g/mol. The molecule has 0 spiro atoms. The smallest absolute Gasteiger partial charge is 0.0595 e. The Morgan fingerprint density at radius 2 is 1.75 bits per heavy atom. The lowest BCUT2D eigenvalue weighted by Crippen LogP contribution is -2.16. The number of nitrogens with one attached hydrogen (secondary N) is 1. The van der Waals surface area contributed by atoms with Gasteiger partial charge in [0.1, 0.15) is 0 Å². The average Bonchev–Trinajstić information content (AvgIpc) is 2.48. The van der Waals surface area contributed by atoms with Crippen molar-refractivity contribution in [1.29, 1.82) is 0 Å². The van der Waals surface area contributed by atoms with Crippen molar-refractivity contribution in [2.45, 2.75) is 25.3 Å². The Balaban J connectivity index is 1.89. The van der Waals surface area contributed by atoms with Crippen molar-refractivity contribution in [3.63, 3.8) is 0 Å². The van der Waals surface area contributed by atoms with Crippen molar-refractivity contribution in [2.75, 3.05) is 7.05 Å². The highest BCUT2D eigenvalue weighted by atomic mass is 35.5. The number of benzene rings is 2. The summed E-state index contributed by atoms with van der Waals surface area (Å²) in [5.41, 5.74) is 2.58. The Hall–Kier alpha value is -1.02. The standard InChI is InChI=1S/C17H19Cl2N/c1-20-17(14-7-3-2-4-8-14)9-5-6-13-10-11-15(18)16(19)12-13/h2-4,7-8,10-12,17,20H,5-6,9H2,1H3. The van der Waals surface area contributed by atoms with Gasteiger partial charge in [-0.25, -0.2) is 0 Å². The van der Waals surface area contributed by atoms with E-state index in [0.717, 1.165) is 19.3 Å². The van der Waals surface area contributed by atoms with Crippen LogP contribution in [0.4, 0.5) is 0 Å². The summed E-state index contributed by atoms with van der Waals surface area (Å²) in [5, 5.41) is 4.63. The lowest BCUT2D eigenvalue weighted by atomic mass is 9.99. The van der Waals surface area contributed by atoms with E-state index in [9.17, 15) is 0 Å². The van der Waals surface area contributed by atoms with Gasteiger partial charge in [-0.05, 0) is 49.6 Å². The van der Waals surface area contributed by atoms with E-state index in [4.69, 9.17) is 23.2 Å². The molecule has 0 bridgehead atoms. The van der Waals surface area contributed by atoms with Crippen molar-refractivity contribution in [1.82, 2.24) is 5.32 Å². The van der Waals surface area contributed by atoms with Gasteiger partial charge in [0.2, 0.25) is 0 Å². The molecule has 2 rings (SSSR count). The van der Waals surface area contributed by atoms with E-state index >= 15 is 0 Å². The molecule has 0 fully saturated rings. The Kier molecular flexibility index (Phi) is 5.90. The lowest BCUT2D eigenvalue weighted by Gasteiger charge is -2.16. The molecule has 0 amide bonds. The van der Waals surface area contributed by atoms with Gasteiger partial charge >= 0.3 is 0 Å². The SMILES string of the molecule is CNC(CCCc1ccc(Cl)c(Cl)c1)c1ccccc1. The first kappa shape index (κ1) is 15.4. The third-order valence-electron chi connectivity index (χ3n) is 3.49. The molecule has 0 heterocycles. The number of halogens is 2. The third-order valence-corrected chi connectivity index (χ3v) is 4.23. The van der Waals surface area contributed by atoms with Crippen molar-refractivity contribution in [3.05, 3.63) is 69.7 Å². The van der Waals surface area contributed by atoms with Crippen LogP contribution in [-0.4, -0.2) is 7.05 Å². The minimum Gasteiger partial charge on any atom is -0.313 e. The summed E-state index contributed by atoms with van der Waals surface area (Å²) in [5.74, 6) is 0. The summed E-state index contributed by atoms with van der Waals surface area (Å²) in [7, 11) is 2.01. The van der Waals surface area contributed by atoms with Crippen LogP contribution in [0.2, 0.25) is 10.0 Å². The molecule has 1 atom stereocenters. The minimum absolute atomic E-state index is 0.402. The van der Waals surface area contributed by atoms with E-state index in [1.54, 1.807) is 0 Å². The highest BCUT2D eigenvalue weighted by Crippen LogP contribution is 2.24. The second-order valence-electron chi connectivity index (χ2n) is 4.89. The number of hydrogen-bond donors (Lipinski definition) is 1. The molecule has 0 saturated carbocycles. The van der Waals surface area contributed by atoms with Crippen LogP contribution in [0, 0.1) is 0 Å². The predicted octanol–water partition coefficient (Wildman–Crippen LogP) is 5.28. The van der Waals surface area contributed by atoms with Gasteiger partial charge in [-0.3, -0.25) is 0 Å². The lowest BCUT2D eigenvalue weighted by molar-refractivity contribution is 0.527. The number of rotatable bonds is 6. The monoisotopic (exact) mass is 307 g/mol. The van der Waals surface area contributed by atoms with E-state index in [-0.39, 0.29) is 0 Å². The summed E-state index contributed by atoms with van der Waals surface area (Å²) in [6, 6.07) is 16.8. The van der Waals surface area contributed by atoms with Crippen LogP contribution in [-0.2, 0) is 6.42 Å². The fourth-order valence-electron chi connectivity index (χ4n) is 2.37. The summed E-state index contributed by atoms with van der Waals surface area (Å²) in [6.45, 7) is 0. The quantitative estimate of drug-likeness (QED) is 0.766. The molecule has 3 heteroatoms. The molecule has 106 valence electrons. The van der Waals surface area contributed by atoms with Gasteiger partial charge in [-0.15, -0.1) is 0 Å². The summed E-state index contributed by atoms with van der Waals surface area (Å²) < 4.78 is 0. The van der Waals surface area contributed by atoms with Crippen molar-refractivity contribution in [2.24, 2.45) is 0 Å². The van der Waals surface area contributed by atoms with Crippen LogP contribution in [0.1, 0.15) is 30.0 Å². The van der Waals surface area contributed by atoms with E-state index in [2.05, 4.69) is 29.6 Å². The number of aryl methyl sites for hydroxylation is 1. The predicted molar refractivity (Wildman–Crippen MR) is 87.6 cm³/mol. The topological polar surface area (TPSA) is 12.0 Å². The molecule has 0 aromatic heterocycles. The third kappa shape index (κ3) is 4.24. The van der Waals surface area contributed by atoms with E-state index < -0.39 is 0 Å². The molecule has 1 N–H and O–H groups in total. The zero-order valence-corrected chi connectivity index (χ0v) is 13.1. The maximum atomic E-state index is 6.03. The van der Waals surface area contributed by atoms with Gasteiger partial charge < -0.3 is 5.32 Å². The second-order valence-corrected chi connectivity index (χ2v) is 5.71. The molecule has 2 aromatic carbocycles. The summed E-state index contributed by atoms with van der Waals surface area (Å²) >= 11 is 12.0. The fourth-order valence-corrected chi connectivity index (χ4v) is 2.69. The molecule has 0 aliphatic heterocycles. The van der Waals surface area contributed by atoms with Crippen LogP contribution in [0.5, 0.6) is 0 Å². The zero-order valence-electron chi connectivity index (χ0n) is 11.6. The molecular weight excluding hydrogens is 289 g/mol. The molecule has 0 radical (unpaired) electrons. The van der Waals surface area contributed by atoms with Crippen LogP contribution in [0.3, 0.4) is 0 Å². The van der Waals surface area contributed by atoms with Crippen molar-refractivity contribution >= 4 is 23.2 Å². The summed E-state index contributed by atoms with van der Waals surface area (Å²) in [4.78, 5) is 0. The fraction of sp³-hybridized carbons (Fsp3) is 0.294. The van der Waals surface area contributed by atoms with Gasteiger partial charge in [-0.1, -0.05) is 59.6 Å². The van der Waals surface area contributed by atoms with Crippen molar-refractivity contribution in [3.8, 4) is 0 Å². The summed E-state index contributed by atoms with van der Waals surface area (Å²) in [6.07, 6.45) is 3.22. The molecule has 0 aliphatic carbocycles. The molecule has 0 saturated heterocycles. The van der Waals surface area contributed by atoms with Crippen LogP contribution in [0.15, 0.2) is 48.5 Å². The highest BCUT2D eigenvalue weighted by molar-refractivity contribution is 6.42. The Labute approximate surface area is 130 Å². The molecular formula is C17H19Cl2N. The Morgan fingerprint density at radius 3 is 2.40 bits per heavy atom. The molecule has 1 nitrogen and oxygen atoms in total. The van der Waals surface area contributed by atoms with E-state index in [1.165, 1.54) is 11.1 Å². The number of hydrogen-bond acceptors (Lipinski definition) is 1. The van der Waals surface area contributed by atoms with E-state index in [0.29, 0.717) is 16.1 Å². The first-order chi connectivity index (χ1) is 9.70. The van der Waals surface area contributed by atoms with Gasteiger partial charge in [0, 0.05) is 6.04 Å². The van der Waals surface area contributed by atoms with Gasteiger partial charge in [0.15, 0.2) is 0 Å². The Morgan fingerprint density at radius 1 is 1.00 bits per heavy atom. The molecule has 2 aromatic rings. The molecule has 20 heavy (non-hydrogen) atoms. The zero-order chi connectivity index (χ0) is 14.4. The largest absolute Gasteiger partial charge is 0.313 e. The maximum absolute atomic E-state index is 6.03. The van der Waals surface area contributed by atoms with Crippen LogP contribution < -0.4 is 5.32 Å². The molecule has 0 aliphatic rings. The van der Waals surface area contributed by atoms with Gasteiger partial charge in [0.05, 0.1) is 10.0 Å². The van der Waals surface area contributed by atoms with Crippen LogP contribution >= 0.6 is 23.2 Å². The first-order valence-corrected chi connectivity index (χ1v) is 7.62. The van der Waals surface area contributed by atoms with Crippen LogP contribution in [0.25, 0.3) is 0 Å². The Bertz CT molecular complexity index is 540. The normalized spacial score (nSPS) is 12.3. The van der Waals surface area contributed by atoms with E-state index in [1.807, 2.05) is 31.3 Å². The molecule has 1 unspecified atom stereocenters. The second kappa shape index (κ2) is 7.68. The minimum atomic E-state index is 0.402. The van der Waals surface area contributed by atoms with Gasteiger partial charge in [-0.2, -0.15) is 0 Å². The van der Waals surface area contributed by atoms with Crippen molar-refractivity contribution < 1.29 is 0 Å². The first-order valence-electron chi connectivity index (χ1n) is 6.87. The van der Waals surface area contributed by atoms with Gasteiger partial charge in [0.25, 0.3) is 0 Å². The maximum Gasteiger partial charge on any atom is 0.0595 e. The highest BCUT2D eigenvalue weighted by Gasteiger charge is 2.08.